The third-order valence-corrected chi connectivity index (χ3v) is 7.22. The Bertz CT molecular complexity index is 1280. The zero-order chi connectivity index (χ0) is 23.4. The van der Waals surface area contributed by atoms with Crippen molar-refractivity contribution in [2.75, 3.05) is 17.7 Å². The molecule has 1 aliphatic heterocycles. The summed E-state index contributed by atoms with van der Waals surface area (Å²) < 4.78 is 26.6. The van der Waals surface area contributed by atoms with E-state index in [4.69, 9.17) is 4.98 Å². The number of anilines is 1. The molecule has 3 heterocycles. The summed E-state index contributed by atoms with van der Waals surface area (Å²) in [5.41, 5.74) is 3.18. The lowest BCUT2D eigenvalue weighted by molar-refractivity contribution is 0.197. The van der Waals surface area contributed by atoms with Gasteiger partial charge in [0.25, 0.3) is 0 Å². The molecular weight excluding hydrogens is 430 g/mol. The van der Waals surface area contributed by atoms with E-state index >= 15 is 0 Å². The van der Waals surface area contributed by atoms with E-state index in [1.807, 2.05) is 6.92 Å². The van der Waals surface area contributed by atoms with Gasteiger partial charge in [-0.15, -0.1) is 0 Å². The lowest BCUT2D eigenvalue weighted by atomic mass is 10.00. The summed E-state index contributed by atoms with van der Waals surface area (Å²) in [5, 5.41) is 19.6. The number of benzene rings is 1. The number of rotatable bonds is 5. The monoisotopic (exact) mass is 459 g/mol. The number of aliphatic hydroxyl groups is 2. The average molecular weight is 460 g/mol. The second-order valence-electron chi connectivity index (χ2n) is 8.77. The Morgan fingerprint density at radius 2 is 1.91 bits per heavy atom. The van der Waals surface area contributed by atoms with Gasteiger partial charge < -0.3 is 19.7 Å². The average Bonchev–Trinajstić information content (AvgIpc) is 3.08. The van der Waals surface area contributed by atoms with Crippen LogP contribution in [0.3, 0.4) is 0 Å². The molecule has 9 nitrogen and oxygen atoms in total. The number of aryl methyl sites for hydroxylation is 1. The molecule has 0 saturated carbocycles. The van der Waals surface area contributed by atoms with Crippen molar-refractivity contribution in [2.45, 2.75) is 57.9 Å². The van der Waals surface area contributed by atoms with Crippen molar-refractivity contribution in [3.05, 3.63) is 41.0 Å². The van der Waals surface area contributed by atoms with Crippen LogP contribution in [0.5, 0.6) is 0 Å². The molecule has 1 aromatic carbocycles. The third-order valence-electron chi connectivity index (χ3n) is 6.04. The van der Waals surface area contributed by atoms with Crippen LogP contribution < -0.4 is 4.90 Å². The summed E-state index contributed by atoms with van der Waals surface area (Å²) in [4.78, 5) is 16.3. The van der Waals surface area contributed by atoms with Gasteiger partial charge in [0.15, 0.2) is 9.84 Å². The van der Waals surface area contributed by atoms with Crippen LogP contribution in [0.25, 0.3) is 11.0 Å². The molecule has 0 aliphatic carbocycles. The fourth-order valence-electron chi connectivity index (χ4n) is 4.52. The lowest BCUT2D eigenvalue weighted by Crippen LogP contribution is -2.42. The van der Waals surface area contributed by atoms with Crippen LogP contribution in [0.2, 0.25) is 0 Å². The smallest absolute Gasteiger partial charge is 0.226 e. The predicted octanol–water partition coefficient (Wildman–Crippen LogP) is 2.30. The van der Waals surface area contributed by atoms with Crippen LogP contribution in [0.4, 0.5) is 5.95 Å². The molecule has 10 heteroatoms. The SMILES string of the molecule is Cc1nc(N2CCn3c(nc4cc(CO)c(S(C)(=O)=O)cc43)[C@@H]2C(C)C)ncc1C(C)O. The molecule has 2 N–H and O–H groups in total. The highest BCUT2D eigenvalue weighted by molar-refractivity contribution is 7.90. The van der Waals surface area contributed by atoms with E-state index in [-0.39, 0.29) is 23.5 Å². The summed E-state index contributed by atoms with van der Waals surface area (Å²) >= 11 is 0. The standard InChI is InChI=1S/C22H29N5O4S/c1-12(2)20-21-25-17-8-15(11-28)19(32(5,30)31)9-18(17)26(21)6-7-27(20)22-23-10-16(14(4)29)13(3)24-22/h8-10,12,14,20,28-29H,6-7,11H2,1-5H3/t14?,20-/m0/s1. The first-order valence-corrected chi connectivity index (χ1v) is 12.5. The Labute approximate surface area is 187 Å². The first kappa shape index (κ1) is 22.6. The fraction of sp³-hybridized carbons (Fsp3) is 0.500. The van der Waals surface area contributed by atoms with Crippen LogP contribution in [0, 0.1) is 12.8 Å². The molecule has 1 unspecified atom stereocenters. The normalized spacial score (nSPS) is 17.8. The van der Waals surface area contributed by atoms with Gasteiger partial charge in [0, 0.05) is 36.8 Å². The summed E-state index contributed by atoms with van der Waals surface area (Å²) in [5.74, 6) is 1.58. The maximum Gasteiger partial charge on any atom is 0.226 e. The molecule has 0 radical (unpaired) electrons. The number of hydrogen-bond donors (Lipinski definition) is 2. The molecule has 32 heavy (non-hydrogen) atoms. The van der Waals surface area contributed by atoms with E-state index in [0.29, 0.717) is 35.7 Å². The van der Waals surface area contributed by atoms with E-state index in [1.54, 1.807) is 25.3 Å². The quantitative estimate of drug-likeness (QED) is 0.596. The van der Waals surface area contributed by atoms with Gasteiger partial charge in [0.1, 0.15) is 5.82 Å². The highest BCUT2D eigenvalue weighted by Gasteiger charge is 2.35. The van der Waals surface area contributed by atoms with Gasteiger partial charge >= 0.3 is 0 Å². The van der Waals surface area contributed by atoms with Gasteiger partial charge in [-0.25, -0.2) is 23.4 Å². The predicted molar refractivity (Wildman–Crippen MR) is 121 cm³/mol. The minimum absolute atomic E-state index is 0.118. The van der Waals surface area contributed by atoms with Crippen LogP contribution in [0.15, 0.2) is 23.2 Å². The second-order valence-corrected chi connectivity index (χ2v) is 10.8. The van der Waals surface area contributed by atoms with E-state index in [9.17, 15) is 18.6 Å². The van der Waals surface area contributed by atoms with Gasteiger partial charge in [0.05, 0.1) is 34.7 Å². The molecule has 2 atom stereocenters. The van der Waals surface area contributed by atoms with Gasteiger partial charge in [-0.2, -0.15) is 0 Å². The molecule has 0 amide bonds. The van der Waals surface area contributed by atoms with Crippen LogP contribution >= 0.6 is 0 Å². The first-order chi connectivity index (χ1) is 15.0. The number of imidazole rings is 1. The van der Waals surface area contributed by atoms with Crippen molar-refractivity contribution in [1.82, 2.24) is 19.5 Å². The Hall–Kier alpha value is -2.56. The molecule has 1 aliphatic rings. The van der Waals surface area contributed by atoms with Crippen molar-refractivity contribution in [3.63, 3.8) is 0 Å². The Morgan fingerprint density at radius 3 is 2.47 bits per heavy atom. The zero-order valence-corrected chi connectivity index (χ0v) is 19.8. The van der Waals surface area contributed by atoms with Gasteiger partial charge in [-0.3, -0.25) is 0 Å². The van der Waals surface area contributed by atoms with E-state index in [2.05, 4.69) is 33.3 Å². The first-order valence-electron chi connectivity index (χ1n) is 10.6. The largest absolute Gasteiger partial charge is 0.392 e. The van der Waals surface area contributed by atoms with Gasteiger partial charge in [-0.1, -0.05) is 13.8 Å². The van der Waals surface area contributed by atoms with Crippen LogP contribution in [-0.4, -0.2) is 51.0 Å². The molecule has 4 rings (SSSR count). The third kappa shape index (κ3) is 3.76. The zero-order valence-electron chi connectivity index (χ0n) is 18.9. The van der Waals surface area contributed by atoms with Crippen LogP contribution in [-0.2, 0) is 23.0 Å². The van der Waals surface area contributed by atoms with Crippen molar-refractivity contribution >= 4 is 26.8 Å². The summed E-state index contributed by atoms with van der Waals surface area (Å²) in [6, 6.07) is 3.17. The molecule has 0 saturated heterocycles. The topological polar surface area (TPSA) is 121 Å². The minimum atomic E-state index is -3.49. The van der Waals surface area contributed by atoms with Gasteiger partial charge in [-0.05, 0) is 37.5 Å². The second kappa shape index (κ2) is 8.09. The Morgan fingerprint density at radius 1 is 1.19 bits per heavy atom. The highest BCUT2D eigenvalue weighted by atomic mass is 32.2. The van der Waals surface area contributed by atoms with E-state index < -0.39 is 15.9 Å². The maximum atomic E-state index is 12.3. The number of aromatic nitrogens is 4. The molecule has 2 aromatic heterocycles. The maximum absolute atomic E-state index is 12.3. The minimum Gasteiger partial charge on any atom is -0.392 e. The molecular formula is C22H29N5O4S. The summed E-state index contributed by atoms with van der Waals surface area (Å²) in [7, 11) is -3.49. The number of fused-ring (bicyclic) bond motifs is 3. The fourth-order valence-corrected chi connectivity index (χ4v) is 5.45. The molecule has 3 aromatic rings. The number of hydrogen-bond acceptors (Lipinski definition) is 8. The highest BCUT2D eigenvalue weighted by Crippen LogP contribution is 2.37. The number of sulfone groups is 1. The van der Waals surface area contributed by atoms with Crippen molar-refractivity contribution in [3.8, 4) is 0 Å². The lowest BCUT2D eigenvalue weighted by Gasteiger charge is -2.38. The Balaban J connectivity index is 1.86. The summed E-state index contributed by atoms with van der Waals surface area (Å²) in [6.07, 6.45) is 2.18. The number of nitrogens with zero attached hydrogens (tertiary/aromatic N) is 5. The molecule has 0 spiro atoms. The summed E-state index contributed by atoms with van der Waals surface area (Å²) in [6.45, 7) is 8.61. The van der Waals surface area contributed by atoms with Gasteiger partial charge in [0.2, 0.25) is 5.95 Å². The van der Waals surface area contributed by atoms with Crippen molar-refractivity contribution in [2.24, 2.45) is 5.92 Å². The molecule has 0 bridgehead atoms. The van der Waals surface area contributed by atoms with E-state index in [0.717, 1.165) is 23.3 Å². The van der Waals surface area contributed by atoms with Crippen LogP contribution in [0.1, 0.15) is 55.6 Å². The number of aliphatic hydroxyl groups excluding tert-OH is 2. The van der Waals surface area contributed by atoms with Crippen molar-refractivity contribution < 1.29 is 18.6 Å². The molecule has 172 valence electrons. The molecule has 0 fully saturated rings. The van der Waals surface area contributed by atoms with Crippen molar-refractivity contribution in [1.29, 1.82) is 0 Å². The van der Waals surface area contributed by atoms with E-state index in [1.165, 1.54) is 0 Å². The Kier molecular flexibility index (Phi) is 5.72.